The Morgan fingerprint density at radius 1 is 1.50 bits per heavy atom. The molecule has 0 aromatic rings. The lowest BCUT2D eigenvalue weighted by molar-refractivity contribution is -0.102. The maximum absolute atomic E-state index is 12.0. The highest BCUT2D eigenvalue weighted by molar-refractivity contribution is 14.1. The van der Waals surface area contributed by atoms with E-state index in [1.54, 1.807) is 0 Å². The maximum Gasteiger partial charge on any atom is 0.248 e. The smallest absolute Gasteiger partial charge is 0.207 e. The van der Waals surface area contributed by atoms with Gasteiger partial charge >= 0.3 is 0 Å². The first-order chi connectivity index (χ1) is 3.64. The van der Waals surface area contributed by atoms with Crippen LogP contribution in [0.15, 0.2) is 0 Å². The summed E-state index contributed by atoms with van der Waals surface area (Å²) in [5.41, 5.74) is 0. The van der Waals surface area contributed by atoms with Gasteiger partial charge in [0, 0.05) is 17.3 Å². The lowest BCUT2D eigenvalue weighted by Crippen LogP contribution is -2.35. The molecule has 8 heavy (non-hydrogen) atoms. The van der Waals surface area contributed by atoms with Crippen LogP contribution in [-0.4, -0.2) is 10.4 Å². The molecule has 0 N–H and O–H groups in total. The molecule has 0 nitrogen and oxygen atoms in total. The summed E-state index contributed by atoms with van der Waals surface area (Å²) in [6.45, 7) is 0. The Hall–Kier alpha value is 0.590. The molecule has 0 radical (unpaired) electrons. The molecule has 0 aliphatic heterocycles. The monoisotopic (exact) mass is 232 g/mol. The van der Waals surface area contributed by atoms with Crippen molar-refractivity contribution in [1.82, 2.24) is 0 Å². The zero-order valence-electron chi connectivity index (χ0n) is 4.33. The van der Waals surface area contributed by atoms with E-state index in [1.807, 2.05) is 0 Å². The number of halogens is 3. The number of hydrogen-bond donors (Lipinski definition) is 0. The normalized spacial score (nSPS) is 27.4. The average Bonchev–Trinajstić information content (AvgIpc) is 1.60. The van der Waals surface area contributed by atoms with Crippen molar-refractivity contribution < 1.29 is 8.78 Å². The second kappa shape index (κ2) is 2.08. The Kier molecular flexibility index (Phi) is 1.74. The van der Waals surface area contributed by atoms with Gasteiger partial charge in [0.15, 0.2) is 0 Å². The molecule has 0 spiro atoms. The summed E-state index contributed by atoms with van der Waals surface area (Å²) in [6.07, 6.45) is 0.242. The van der Waals surface area contributed by atoms with E-state index in [-0.39, 0.29) is 12.8 Å². The minimum absolute atomic E-state index is 0.121. The molecule has 0 atom stereocenters. The first-order valence-corrected chi connectivity index (χ1v) is 4.10. The van der Waals surface area contributed by atoms with Gasteiger partial charge in [-0.1, -0.05) is 22.6 Å². The Labute approximate surface area is 60.8 Å². The van der Waals surface area contributed by atoms with Gasteiger partial charge in [0.1, 0.15) is 0 Å². The summed E-state index contributed by atoms with van der Waals surface area (Å²) in [4.78, 5) is 0. The molecule has 0 heterocycles. The van der Waals surface area contributed by atoms with Crippen LogP contribution < -0.4 is 0 Å². The number of hydrogen-bond acceptors (Lipinski definition) is 0. The molecule has 1 saturated carbocycles. The first kappa shape index (κ1) is 6.71. The summed E-state index contributed by atoms with van der Waals surface area (Å²) in [5, 5.41) is 0. The van der Waals surface area contributed by atoms with Crippen LogP contribution in [-0.2, 0) is 0 Å². The van der Waals surface area contributed by atoms with Gasteiger partial charge in [-0.05, 0) is 5.92 Å². The molecule has 0 bridgehead atoms. The summed E-state index contributed by atoms with van der Waals surface area (Å²) in [5.74, 6) is -2.01. The maximum atomic E-state index is 12.0. The van der Waals surface area contributed by atoms with Crippen LogP contribution in [0.3, 0.4) is 0 Å². The second-order valence-electron chi connectivity index (χ2n) is 2.28. The summed E-state index contributed by atoms with van der Waals surface area (Å²) < 4.78 is 24.8. The van der Waals surface area contributed by atoms with Crippen molar-refractivity contribution in [3.8, 4) is 0 Å². The molecule has 48 valence electrons. The third-order valence-electron chi connectivity index (χ3n) is 1.39. The van der Waals surface area contributed by atoms with Gasteiger partial charge in [-0.15, -0.1) is 0 Å². The van der Waals surface area contributed by atoms with Crippen LogP contribution in [0.25, 0.3) is 0 Å². The quantitative estimate of drug-likeness (QED) is 0.481. The van der Waals surface area contributed by atoms with Gasteiger partial charge in [-0.25, -0.2) is 8.78 Å². The summed E-state index contributed by atoms with van der Waals surface area (Å²) in [7, 11) is 0. The van der Waals surface area contributed by atoms with Crippen molar-refractivity contribution in [2.45, 2.75) is 18.8 Å². The topological polar surface area (TPSA) is 0 Å². The third kappa shape index (κ3) is 1.30. The SMILES string of the molecule is FC1(F)CC(CI)C1. The number of alkyl halides is 3. The molecule has 0 saturated heterocycles. The first-order valence-electron chi connectivity index (χ1n) is 2.58. The Balaban J connectivity index is 2.21. The fourth-order valence-electron chi connectivity index (χ4n) is 0.894. The average molecular weight is 232 g/mol. The van der Waals surface area contributed by atoms with Crippen molar-refractivity contribution in [2.24, 2.45) is 5.92 Å². The van der Waals surface area contributed by atoms with Crippen molar-refractivity contribution in [1.29, 1.82) is 0 Å². The van der Waals surface area contributed by atoms with E-state index in [0.717, 1.165) is 4.43 Å². The molecular weight excluding hydrogens is 225 g/mol. The van der Waals surface area contributed by atoms with E-state index in [2.05, 4.69) is 22.6 Å². The van der Waals surface area contributed by atoms with Crippen LogP contribution in [0.5, 0.6) is 0 Å². The molecule has 3 heteroatoms. The molecule has 0 unspecified atom stereocenters. The minimum Gasteiger partial charge on any atom is -0.207 e. The van der Waals surface area contributed by atoms with E-state index in [4.69, 9.17) is 0 Å². The van der Waals surface area contributed by atoms with Crippen LogP contribution in [0.2, 0.25) is 0 Å². The Morgan fingerprint density at radius 2 is 2.00 bits per heavy atom. The van der Waals surface area contributed by atoms with Gasteiger partial charge in [-0.2, -0.15) is 0 Å². The molecule has 1 fully saturated rings. The van der Waals surface area contributed by atoms with E-state index < -0.39 is 5.92 Å². The van der Waals surface area contributed by atoms with Gasteiger partial charge in [-0.3, -0.25) is 0 Å². The molecule has 1 aliphatic carbocycles. The fraction of sp³-hybridized carbons (Fsp3) is 1.00. The second-order valence-corrected chi connectivity index (χ2v) is 3.17. The van der Waals surface area contributed by atoms with Crippen molar-refractivity contribution >= 4 is 22.6 Å². The lowest BCUT2D eigenvalue weighted by atomic mass is 9.83. The highest BCUT2D eigenvalue weighted by Gasteiger charge is 2.44. The molecule has 1 aliphatic rings. The standard InChI is InChI=1S/C5H7F2I/c6-5(7)1-4(2-5)3-8/h4H,1-3H2. The van der Waals surface area contributed by atoms with Gasteiger partial charge < -0.3 is 0 Å². The molecule has 0 aromatic heterocycles. The fourth-order valence-corrected chi connectivity index (χ4v) is 1.52. The molecule has 1 rings (SSSR count). The van der Waals surface area contributed by atoms with Gasteiger partial charge in [0.05, 0.1) is 0 Å². The number of rotatable bonds is 1. The van der Waals surface area contributed by atoms with E-state index in [9.17, 15) is 8.78 Å². The summed E-state index contributed by atoms with van der Waals surface area (Å²) in [6, 6.07) is 0. The molecular formula is C5H7F2I. The Morgan fingerprint density at radius 3 is 2.12 bits per heavy atom. The zero-order valence-corrected chi connectivity index (χ0v) is 6.49. The zero-order chi connectivity index (χ0) is 6.20. The van der Waals surface area contributed by atoms with Crippen LogP contribution in [0, 0.1) is 5.92 Å². The predicted octanol–water partition coefficient (Wildman–Crippen LogP) is 2.47. The van der Waals surface area contributed by atoms with E-state index in [0.29, 0.717) is 5.92 Å². The van der Waals surface area contributed by atoms with E-state index >= 15 is 0 Å². The van der Waals surface area contributed by atoms with Gasteiger partial charge in [0.2, 0.25) is 5.92 Å². The van der Waals surface area contributed by atoms with Crippen molar-refractivity contribution in [2.75, 3.05) is 4.43 Å². The van der Waals surface area contributed by atoms with Crippen LogP contribution in [0.4, 0.5) is 8.78 Å². The lowest BCUT2D eigenvalue weighted by Gasteiger charge is -2.33. The third-order valence-corrected chi connectivity index (χ3v) is 2.64. The largest absolute Gasteiger partial charge is 0.248 e. The van der Waals surface area contributed by atoms with Crippen LogP contribution >= 0.6 is 22.6 Å². The van der Waals surface area contributed by atoms with Crippen LogP contribution in [0.1, 0.15) is 12.8 Å². The highest BCUT2D eigenvalue weighted by atomic mass is 127. The van der Waals surface area contributed by atoms with Crippen molar-refractivity contribution in [3.63, 3.8) is 0 Å². The molecule has 0 aromatic carbocycles. The minimum atomic E-state index is -2.31. The van der Waals surface area contributed by atoms with Gasteiger partial charge in [0.25, 0.3) is 0 Å². The molecule has 0 amide bonds. The highest BCUT2D eigenvalue weighted by Crippen LogP contribution is 2.42. The summed E-state index contributed by atoms with van der Waals surface area (Å²) >= 11 is 2.15. The van der Waals surface area contributed by atoms with Crippen molar-refractivity contribution in [3.05, 3.63) is 0 Å². The predicted molar refractivity (Wildman–Crippen MR) is 36.6 cm³/mol. The van der Waals surface area contributed by atoms with E-state index in [1.165, 1.54) is 0 Å². The Bertz CT molecular complexity index is 84.4.